The fraction of sp³-hybridized carbons (Fsp3) is 0.103. The maximum absolute atomic E-state index is 13.0. The van der Waals surface area contributed by atoms with E-state index >= 15 is 0 Å². The predicted molar refractivity (Wildman–Crippen MR) is 210 cm³/mol. The monoisotopic (exact) mass is 1030 g/mol. The van der Waals surface area contributed by atoms with Gasteiger partial charge in [-0.15, -0.1) is 18.9 Å². The second-order valence-electron chi connectivity index (χ2n) is 11.2. The first-order valence-corrected chi connectivity index (χ1v) is 22.6. The summed E-state index contributed by atoms with van der Waals surface area (Å²) >= 11 is 1.32. The Bertz CT molecular complexity index is 2830. The molecule has 0 aliphatic heterocycles. The number of benzene rings is 4. The number of carbonyl (C=O) groups is 1. The van der Waals surface area contributed by atoms with Crippen molar-refractivity contribution in [3.63, 3.8) is 0 Å². The summed E-state index contributed by atoms with van der Waals surface area (Å²) in [6.07, 6.45) is 0. The molecular weight excluding hydrogens is 1010 g/mol. The van der Waals surface area contributed by atoms with Gasteiger partial charge in [0.1, 0.15) is 22.0 Å². The van der Waals surface area contributed by atoms with Crippen LogP contribution in [0.25, 0.3) is 10.8 Å². The zero-order valence-electron chi connectivity index (χ0n) is 29.9. The molecule has 5 aromatic rings. The second kappa shape index (κ2) is 21.7. The number of rotatable bonds is 21. The normalized spacial score (nSPS) is 12.1. The average Bonchev–Trinajstić information content (AvgIpc) is 3.18. The molecule has 1 aromatic heterocycles. The summed E-state index contributed by atoms with van der Waals surface area (Å²) in [4.78, 5) is 22.5. The average molecular weight is 1030 g/mol. The molecule has 0 saturated heterocycles. The van der Waals surface area contributed by atoms with Gasteiger partial charge in [-0.2, -0.15) is 31.8 Å². The molecule has 4 aromatic carbocycles. The quantitative estimate of drug-likeness (QED) is 0.00866. The Morgan fingerprint density at radius 2 is 1.50 bits per heavy atom. The van der Waals surface area contributed by atoms with Gasteiger partial charge < -0.3 is 26.0 Å². The first kappa shape index (κ1) is 50.1. The number of azo groups is 1. The van der Waals surface area contributed by atoms with Gasteiger partial charge in [0.25, 0.3) is 10.1 Å². The van der Waals surface area contributed by atoms with Crippen LogP contribution in [0.2, 0.25) is 0 Å². The molecule has 0 aliphatic rings. The number of aromatic hydroxyl groups is 2. The van der Waals surface area contributed by atoms with E-state index in [9.17, 15) is 49.9 Å². The summed E-state index contributed by atoms with van der Waals surface area (Å²) in [6.45, 7) is -0.900. The number of anilines is 4. The SMILES string of the molecule is O=C(O)CSc1nc(Nc2cccc(S(=O)(=O)CCOS(=O)(=O)O)c2)nc(Nc2ccc3c(O)c(N=Nc4cc(SOOO)ccc4O)c(SOOO)cc3c2S(=O)(=O)O)n1.[Cu]. The maximum atomic E-state index is 13.0. The number of aliphatic carboxylic acids is 1. The minimum atomic E-state index is -5.26. The van der Waals surface area contributed by atoms with Crippen molar-refractivity contribution in [2.45, 2.75) is 24.7 Å². The van der Waals surface area contributed by atoms with E-state index in [1.165, 1.54) is 42.5 Å². The Morgan fingerprint density at radius 1 is 0.806 bits per heavy atom. The van der Waals surface area contributed by atoms with Crippen molar-refractivity contribution in [1.29, 1.82) is 0 Å². The number of sulfone groups is 1. The van der Waals surface area contributed by atoms with Crippen LogP contribution >= 0.6 is 35.8 Å². The van der Waals surface area contributed by atoms with Crippen molar-refractivity contribution in [2.75, 3.05) is 28.7 Å². The number of aromatic nitrogens is 3. The summed E-state index contributed by atoms with van der Waals surface area (Å²) in [5.41, 5.74) is -1.03. The van der Waals surface area contributed by atoms with Gasteiger partial charge in [0, 0.05) is 38.4 Å². The fourth-order valence-corrected chi connectivity index (χ4v) is 8.63. The largest absolute Gasteiger partial charge is 0.506 e. The number of phenolic OH excluding ortho intramolecular Hbond substituents is 2. The van der Waals surface area contributed by atoms with Gasteiger partial charge in [0.05, 0.1) is 57.7 Å². The number of hydrogen-bond donors (Lipinski definition) is 9. The third kappa shape index (κ3) is 13.7. The molecule has 0 fully saturated rings. The molecule has 26 nitrogen and oxygen atoms in total. The molecule has 337 valence electrons. The van der Waals surface area contributed by atoms with E-state index < -0.39 is 93.5 Å². The topological polar surface area (TPSA) is 395 Å². The summed E-state index contributed by atoms with van der Waals surface area (Å²) in [6, 6.07) is 12.0. The predicted octanol–water partition coefficient (Wildman–Crippen LogP) is 5.21. The number of carboxylic acids is 1. The van der Waals surface area contributed by atoms with Crippen molar-refractivity contribution < 1.29 is 105 Å². The molecule has 1 heterocycles. The van der Waals surface area contributed by atoms with Crippen LogP contribution in [0.1, 0.15) is 0 Å². The van der Waals surface area contributed by atoms with Crippen molar-refractivity contribution in [1.82, 2.24) is 15.0 Å². The third-order valence-corrected chi connectivity index (χ3v) is 12.3. The molecule has 0 spiro atoms. The van der Waals surface area contributed by atoms with Crippen LogP contribution in [0.3, 0.4) is 0 Å². The number of phenols is 2. The van der Waals surface area contributed by atoms with Gasteiger partial charge >= 0.3 is 16.4 Å². The van der Waals surface area contributed by atoms with Crippen molar-refractivity contribution in [3.8, 4) is 11.5 Å². The molecule has 0 amide bonds. The summed E-state index contributed by atoms with van der Waals surface area (Å²) < 4.78 is 105. The second-order valence-corrected chi connectivity index (χ2v) is 18.2. The van der Waals surface area contributed by atoms with E-state index in [1.807, 2.05) is 0 Å². The first-order chi connectivity index (χ1) is 28.8. The van der Waals surface area contributed by atoms with Gasteiger partial charge in [-0.3, -0.25) is 13.9 Å². The van der Waals surface area contributed by atoms with Crippen LogP contribution in [0.5, 0.6) is 11.5 Å². The number of nitrogens with zero attached hydrogens (tertiary/aromatic N) is 5. The number of hydrogen-bond acceptors (Lipinski definition) is 26. The molecule has 0 unspecified atom stereocenters. The first-order valence-electron chi connectivity index (χ1n) is 15.7. The van der Waals surface area contributed by atoms with Crippen molar-refractivity contribution in [2.24, 2.45) is 10.2 Å². The molecule has 0 aliphatic carbocycles. The van der Waals surface area contributed by atoms with E-state index in [0.717, 1.165) is 18.2 Å². The Hall–Kier alpha value is -4.52. The van der Waals surface area contributed by atoms with Crippen LogP contribution in [0.4, 0.5) is 34.6 Å². The van der Waals surface area contributed by atoms with E-state index in [1.54, 1.807) is 0 Å². The van der Waals surface area contributed by atoms with E-state index in [0.29, 0.717) is 23.8 Å². The molecule has 62 heavy (non-hydrogen) atoms. The van der Waals surface area contributed by atoms with Gasteiger partial charge in [-0.05, 0) is 54.6 Å². The Balaban J connectivity index is 0.00000845. The molecule has 33 heteroatoms. The number of nitrogens with one attached hydrogen (secondary N) is 2. The van der Waals surface area contributed by atoms with E-state index in [4.69, 9.17) is 15.1 Å². The molecule has 0 bridgehead atoms. The Labute approximate surface area is 371 Å². The fourth-order valence-electron chi connectivity index (χ4n) is 4.82. The van der Waals surface area contributed by atoms with Crippen LogP contribution in [0, 0.1) is 0 Å². The Morgan fingerprint density at radius 3 is 2.16 bits per heavy atom. The van der Waals surface area contributed by atoms with E-state index in [-0.39, 0.29) is 71.7 Å². The molecule has 9 N–H and O–H groups in total. The summed E-state index contributed by atoms with van der Waals surface area (Å²) in [5.74, 6) is -4.67. The van der Waals surface area contributed by atoms with Gasteiger partial charge in [0.2, 0.25) is 11.9 Å². The van der Waals surface area contributed by atoms with Crippen LogP contribution in [-0.2, 0) is 75.1 Å². The minimum Gasteiger partial charge on any atom is -0.506 e. The Kier molecular flexibility index (Phi) is 17.6. The van der Waals surface area contributed by atoms with Crippen LogP contribution < -0.4 is 10.6 Å². The van der Waals surface area contributed by atoms with Gasteiger partial charge in [-0.1, -0.05) is 27.9 Å². The van der Waals surface area contributed by atoms with Crippen molar-refractivity contribution >= 4 is 118 Å². The van der Waals surface area contributed by atoms with E-state index in [2.05, 4.69) is 58.7 Å². The number of fused-ring (bicyclic) bond motifs is 1. The third-order valence-electron chi connectivity index (χ3n) is 7.18. The van der Waals surface area contributed by atoms with Crippen molar-refractivity contribution in [3.05, 3.63) is 60.7 Å². The smallest absolute Gasteiger partial charge is 0.397 e. The molecular formula is C29H25CuN7O19S6. The van der Waals surface area contributed by atoms with Gasteiger partial charge in [0.15, 0.2) is 20.7 Å². The summed E-state index contributed by atoms with van der Waals surface area (Å²) in [7, 11) is -14.4. The number of thioether (sulfide) groups is 1. The molecule has 0 atom stereocenters. The van der Waals surface area contributed by atoms with Crippen LogP contribution in [-0.4, -0.2) is 99.2 Å². The molecule has 5 rings (SSSR count). The maximum Gasteiger partial charge on any atom is 0.397 e. The number of carboxylic acid groups (broad SMARTS) is 1. The zero-order chi connectivity index (χ0) is 44.5. The molecule has 0 saturated carbocycles. The standard InChI is InChI=1S/C29H25N7O19S6.Cu/c37-21-7-4-15(57-54-52-41)11-20(21)35-36-24-22(58-55-53-42)12-18-17(25(24)40)5-6-19(26(18)60(45,46)47)31-28-32-27(33-29(34-28)56-13-23(38)39)30-14-2-1-3-16(10-14)59(43,44)9-8-51-61(48,49)50;/h1-7,10-12,37,40-42H,8-9,13H2,(H,38,39)(H,45,46,47)(H,48,49,50)(H2,30,31,32,33,34);. The van der Waals surface area contributed by atoms with Crippen LogP contribution in [0.15, 0.2) is 95.6 Å². The minimum absolute atomic E-state index is 0. The zero-order valence-corrected chi connectivity index (χ0v) is 35.8. The molecule has 1 radical (unpaired) electrons. The summed E-state index contributed by atoms with van der Waals surface area (Å²) in [5, 5.41) is 67.6. The van der Waals surface area contributed by atoms with Gasteiger partial charge in [-0.25, -0.2) is 23.1 Å².